The molecular weight excluding hydrogens is 518 g/mol. The molecule has 7 heteroatoms. The van der Waals surface area contributed by atoms with Gasteiger partial charge in [0.05, 0.1) is 35.8 Å². The first-order chi connectivity index (χ1) is 19.8. The molecule has 41 heavy (non-hydrogen) atoms. The number of ether oxygens (including phenoxy) is 2. The third-order valence-corrected chi connectivity index (χ3v) is 7.56. The van der Waals surface area contributed by atoms with Crippen molar-refractivity contribution in [2.45, 2.75) is 59.4 Å². The van der Waals surface area contributed by atoms with Crippen LogP contribution in [-0.2, 0) is 4.74 Å². The van der Waals surface area contributed by atoms with E-state index in [1.165, 1.54) is 0 Å². The zero-order valence-electron chi connectivity index (χ0n) is 24.0. The molecule has 1 aromatic heterocycles. The lowest BCUT2D eigenvalue weighted by Crippen LogP contribution is -2.29. The molecule has 4 aromatic rings. The van der Waals surface area contributed by atoms with Crippen LogP contribution in [-0.4, -0.2) is 25.1 Å². The van der Waals surface area contributed by atoms with E-state index in [9.17, 15) is 14.4 Å². The van der Waals surface area contributed by atoms with Gasteiger partial charge in [0, 0.05) is 5.69 Å². The molecule has 212 valence electrons. The number of anilines is 1. The lowest BCUT2D eigenvalue weighted by molar-refractivity contribution is 0.0499. The number of rotatable bonds is 10. The van der Waals surface area contributed by atoms with Crippen molar-refractivity contribution in [1.82, 2.24) is 0 Å². The summed E-state index contributed by atoms with van der Waals surface area (Å²) in [5.41, 5.74) is 4.07. The highest BCUT2D eigenvalue weighted by atomic mass is 16.5. The van der Waals surface area contributed by atoms with E-state index in [1.807, 2.05) is 51.1 Å². The number of hydrogen-bond donors (Lipinski definition) is 0. The Balaban J connectivity index is 1.58. The maximum atomic E-state index is 14.0. The number of nitrogens with zero attached hydrogens (tertiary/aromatic N) is 1. The molecule has 0 spiro atoms. The van der Waals surface area contributed by atoms with Crippen molar-refractivity contribution in [3.05, 3.63) is 104 Å². The molecule has 1 atom stereocenters. The zero-order chi connectivity index (χ0) is 29.1. The predicted octanol–water partition coefficient (Wildman–Crippen LogP) is 7.30. The Morgan fingerprint density at radius 2 is 1.54 bits per heavy atom. The molecule has 7 nitrogen and oxygen atoms in total. The average Bonchev–Trinajstić information content (AvgIpc) is 3.27. The SMILES string of the molecule is CCCCOC(=O)c1ccc(N2C(=O)c3oc4cc(C)c(C)cc4c(=O)c3C2c2ccc(OCCCC)cc2)cc1. The Morgan fingerprint density at radius 3 is 2.22 bits per heavy atom. The van der Waals surface area contributed by atoms with Crippen LogP contribution in [0, 0.1) is 13.8 Å². The summed E-state index contributed by atoms with van der Waals surface area (Å²) >= 11 is 0. The number of hydrogen-bond acceptors (Lipinski definition) is 6. The van der Waals surface area contributed by atoms with Gasteiger partial charge in [0.25, 0.3) is 5.91 Å². The molecule has 3 aromatic carbocycles. The molecule has 0 radical (unpaired) electrons. The standard InChI is InChI=1S/C34H35NO6/c1-5-7-17-39-26-15-11-23(12-16-26)30-29-31(36)27-19-21(3)22(4)20-28(27)41-32(29)33(37)35(30)25-13-9-24(10-14-25)34(38)40-18-8-6-2/h9-16,19-20,30H,5-8,17-18H2,1-4H3. The van der Waals surface area contributed by atoms with Crippen LogP contribution in [0.15, 0.2) is 69.9 Å². The van der Waals surface area contributed by atoms with Crippen LogP contribution < -0.4 is 15.1 Å². The summed E-state index contributed by atoms with van der Waals surface area (Å²) in [6.45, 7) is 9.00. The zero-order valence-corrected chi connectivity index (χ0v) is 24.0. The lowest BCUT2D eigenvalue weighted by Gasteiger charge is -2.25. The van der Waals surface area contributed by atoms with E-state index in [1.54, 1.807) is 35.2 Å². The molecule has 0 aliphatic carbocycles. The molecule has 1 aliphatic heterocycles. The van der Waals surface area contributed by atoms with E-state index in [2.05, 4.69) is 6.92 Å². The number of amides is 1. The highest BCUT2D eigenvalue weighted by Gasteiger charge is 2.43. The number of fused-ring (bicyclic) bond motifs is 2. The summed E-state index contributed by atoms with van der Waals surface area (Å²) in [4.78, 5) is 41.9. The minimum absolute atomic E-state index is 0.0297. The van der Waals surface area contributed by atoms with Gasteiger partial charge in [-0.2, -0.15) is 0 Å². The molecule has 0 bridgehead atoms. The third kappa shape index (κ3) is 5.49. The van der Waals surface area contributed by atoms with Gasteiger partial charge >= 0.3 is 5.97 Å². The van der Waals surface area contributed by atoms with Crippen LogP contribution in [0.3, 0.4) is 0 Å². The van der Waals surface area contributed by atoms with Gasteiger partial charge < -0.3 is 13.9 Å². The van der Waals surface area contributed by atoms with Gasteiger partial charge in [0.2, 0.25) is 5.76 Å². The van der Waals surface area contributed by atoms with Gasteiger partial charge in [-0.1, -0.05) is 38.8 Å². The Labute approximate surface area is 239 Å². The summed E-state index contributed by atoms with van der Waals surface area (Å²) in [5, 5.41) is 0.441. The van der Waals surface area contributed by atoms with E-state index in [0.29, 0.717) is 41.0 Å². The molecule has 2 heterocycles. The second-order valence-corrected chi connectivity index (χ2v) is 10.5. The molecule has 0 N–H and O–H groups in total. The minimum atomic E-state index is -0.716. The quantitative estimate of drug-likeness (QED) is 0.151. The Bertz CT molecular complexity index is 1640. The third-order valence-electron chi connectivity index (χ3n) is 7.56. The number of carbonyl (C=O) groups excluding carboxylic acids is 2. The molecular formula is C34H35NO6. The fourth-order valence-corrected chi connectivity index (χ4v) is 5.04. The van der Waals surface area contributed by atoms with Crippen LogP contribution in [0.4, 0.5) is 5.69 Å². The largest absolute Gasteiger partial charge is 0.494 e. The first-order valence-electron chi connectivity index (χ1n) is 14.3. The monoisotopic (exact) mass is 553 g/mol. The molecule has 1 amide bonds. The summed E-state index contributed by atoms with van der Waals surface area (Å²) in [7, 11) is 0. The van der Waals surface area contributed by atoms with Crippen LogP contribution in [0.2, 0.25) is 0 Å². The second kappa shape index (κ2) is 12.0. The van der Waals surface area contributed by atoms with Gasteiger partial charge in [-0.25, -0.2) is 4.79 Å². The van der Waals surface area contributed by atoms with Crippen LogP contribution in [0.25, 0.3) is 11.0 Å². The first-order valence-corrected chi connectivity index (χ1v) is 14.3. The van der Waals surface area contributed by atoms with Gasteiger partial charge in [0.15, 0.2) is 5.43 Å². The highest BCUT2D eigenvalue weighted by Crippen LogP contribution is 2.41. The molecule has 0 saturated carbocycles. The van der Waals surface area contributed by atoms with Gasteiger partial charge in [-0.15, -0.1) is 0 Å². The smallest absolute Gasteiger partial charge is 0.338 e. The van der Waals surface area contributed by atoms with E-state index < -0.39 is 17.9 Å². The minimum Gasteiger partial charge on any atom is -0.494 e. The predicted molar refractivity (Wildman–Crippen MR) is 159 cm³/mol. The fraction of sp³-hybridized carbons (Fsp3) is 0.324. The summed E-state index contributed by atoms with van der Waals surface area (Å²) in [6, 6.07) is 17.1. The maximum absolute atomic E-state index is 14.0. The number of unbranched alkanes of at least 4 members (excludes halogenated alkanes) is 2. The highest BCUT2D eigenvalue weighted by molar-refractivity contribution is 6.11. The van der Waals surface area contributed by atoms with Crippen molar-refractivity contribution in [2.75, 3.05) is 18.1 Å². The fourth-order valence-electron chi connectivity index (χ4n) is 5.04. The average molecular weight is 554 g/mol. The van der Waals surface area contributed by atoms with Crippen LogP contribution >= 0.6 is 0 Å². The summed E-state index contributed by atoms with van der Waals surface area (Å²) in [5.74, 6) is -0.0724. The molecule has 1 unspecified atom stereocenters. The van der Waals surface area contributed by atoms with Gasteiger partial charge in [-0.3, -0.25) is 14.5 Å². The molecule has 5 rings (SSSR count). The van der Waals surface area contributed by atoms with Gasteiger partial charge in [0.1, 0.15) is 11.3 Å². The number of aryl methyl sites for hydroxylation is 2. The van der Waals surface area contributed by atoms with Crippen LogP contribution in [0.5, 0.6) is 5.75 Å². The van der Waals surface area contributed by atoms with Crippen molar-refractivity contribution in [3.63, 3.8) is 0 Å². The molecule has 0 fully saturated rings. The van der Waals surface area contributed by atoms with E-state index in [0.717, 1.165) is 48.1 Å². The Hall–Kier alpha value is -4.39. The van der Waals surface area contributed by atoms with Gasteiger partial charge in [-0.05, 0) is 91.9 Å². The van der Waals surface area contributed by atoms with Crippen molar-refractivity contribution >= 4 is 28.5 Å². The van der Waals surface area contributed by atoms with Crippen molar-refractivity contribution in [3.8, 4) is 5.75 Å². The van der Waals surface area contributed by atoms with Crippen LogP contribution in [0.1, 0.15) is 88.7 Å². The topological polar surface area (TPSA) is 86.0 Å². The van der Waals surface area contributed by atoms with Crippen molar-refractivity contribution in [1.29, 1.82) is 0 Å². The van der Waals surface area contributed by atoms with E-state index >= 15 is 0 Å². The van der Waals surface area contributed by atoms with Crippen molar-refractivity contribution < 1.29 is 23.5 Å². The second-order valence-electron chi connectivity index (χ2n) is 10.5. The Kier molecular flexibility index (Phi) is 8.24. The molecule has 1 aliphatic rings. The Morgan fingerprint density at radius 1 is 0.878 bits per heavy atom. The van der Waals surface area contributed by atoms with E-state index in [-0.39, 0.29) is 11.2 Å². The summed E-state index contributed by atoms with van der Waals surface area (Å²) < 4.78 is 17.3. The number of esters is 1. The first kappa shape index (κ1) is 28.1. The lowest BCUT2D eigenvalue weighted by atomic mass is 9.97. The normalized spacial score (nSPS) is 14.4. The van der Waals surface area contributed by atoms with Crippen molar-refractivity contribution in [2.24, 2.45) is 0 Å². The number of carbonyl (C=O) groups is 2. The maximum Gasteiger partial charge on any atom is 0.338 e. The molecule has 0 saturated heterocycles. The summed E-state index contributed by atoms with van der Waals surface area (Å²) in [6.07, 6.45) is 3.71. The van der Waals surface area contributed by atoms with E-state index in [4.69, 9.17) is 13.9 Å². The number of benzene rings is 3.